The van der Waals surface area contributed by atoms with Gasteiger partial charge in [0.1, 0.15) is 5.82 Å². The van der Waals surface area contributed by atoms with Gasteiger partial charge in [-0.25, -0.2) is 4.39 Å². The number of aliphatic hydroxyl groups excluding tert-OH is 1. The third-order valence-corrected chi connectivity index (χ3v) is 3.89. The predicted molar refractivity (Wildman–Crippen MR) is 71.6 cm³/mol. The number of nitrogens with one attached hydrogen (secondary N) is 1. The average molecular weight is 286 g/mol. The third-order valence-electron chi connectivity index (χ3n) is 3.56. The summed E-state index contributed by atoms with van der Waals surface area (Å²) in [5.41, 5.74) is 0.432. The van der Waals surface area contributed by atoms with Crippen molar-refractivity contribution in [3.63, 3.8) is 0 Å². The summed E-state index contributed by atoms with van der Waals surface area (Å²) in [6.07, 6.45) is 1.27. The second-order valence-electron chi connectivity index (χ2n) is 4.88. The zero-order valence-corrected chi connectivity index (χ0v) is 11.5. The minimum atomic E-state index is -0.359. The highest BCUT2D eigenvalue weighted by Gasteiger charge is 2.46. The molecule has 19 heavy (non-hydrogen) atoms. The summed E-state index contributed by atoms with van der Waals surface area (Å²) < 4.78 is 13.7. The first-order valence-electron chi connectivity index (χ1n) is 6.43. The Morgan fingerprint density at radius 1 is 1.63 bits per heavy atom. The summed E-state index contributed by atoms with van der Waals surface area (Å²) >= 11 is 5.98. The van der Waals surface area contributed by atoms with Crippen molar-refractivity contribution in [3.8, 4) is 0 Å². The third kappa shape index (κ3) is 3.07. The van der Waals surface area contributed by atoms with E-state index in [-0.39, 0.29) is 36.2 Å². The van der Waals surface area contributed by atoms with Crippen LogP contribution in [0.4, 0.5) is 4.39 Å². The molecule has 1 aromatic rings. The Bertz CT molecular complexity index is 456. The number of rotatable bonds is 5. The van der Waals surface area contributed by atoms with E-state index in [1.807, 2.05) is 6.92 Å². The highest BCUT2D eigenvalue weighted by molar-refractivity contribution is 6.31. The Labute approximate surface area is 116 Å². The number of hydrogen-bond acceptors (Lipinski definition) is 2. The van der Waals surface area contributed by atoms with E-state index in [0.717, 1.165) is 0 Å². The topological polar surface area (TPSA) is 49.3 Å². The molecule has 0 heterocycles. The highest BCUT2D eigenvalue weighted by Crippen LogP contribution is 2.50. The van der Waals surface area contributed by atoms with Gasteiger partial charge in [0, 0.05) is 22.4 Å². The lowest BCUT2D eigenvalue weighted by molar-refractivity contribution is -0.123. The Kier molecular flexibility index (Phi) is 4.42. The van der Waals surface area contributed by atoms with Crippen LogP contribution in [0.1, 0.15) is 31.2 Å². The fourth-order valence-electron chi connectivity index (χ4n) is 2.25. The monoisotopic (exact) mass is 285 g/mol. The van der Waals surface area contributed by atoms with Crippen LogP contribution in [0, 0.1) is 11.7 Å². The molecule has 1 saturated carbocycles. The van der Waals surface area contributed by atoms with Crippen molar-refractivity contribution < 1.29 is 14.3 Å². The lowest BCUT2D eigenvalue weighted by atomic mass is 10.1. The molecule has 0 aromatic heterocycles. The van der Waals surface area contributed by atoms with Crippen molar-refractivity contribution in [1.29, 1.82) is 0 Å². The Morgan fingerprint density at radius 3 is 2.95 bits per heavy atom. The van der Waals surface area contributed by atoms with E-state index in [1.165, 1.54) is 6.07 Å². The summed E-state index contributed by atoms with van der Waals surface area (Å²) in [5, 5.41) is 12.2. The minimum absolute atomic E-state index is 0.0833. The number of amides is 1. The van der Waals surface area contributed by atoms with Gasteiger partial charge in [-0.05, 0) is 25.0 Å². The van der Waals surface area contributed by atoms with Crippen LogP contribution in [0.3, 0.4) is 0 Å². The maximum Gasteiger partial charge on any atom is 0.224 e. The summed E-state index contributed by atoms with van der Waals surface area (Å²) in [7, 11) is 0. The van der Waals surface area contributed by atoms with Crippen LogP contribution in [0.5, 0.6) is 0 Å². The largest absolute Gasteiger partial charge is 0.394 e. The standard InChI is InChI=1S/C14H17ClFNO2/c1-2-8(7-18)17-14(19)10-6-9(10)13-11(15)4-3-5-12(13)16/h3-5,8-10,18H,2,6-7H2,1H3,(H,17,19). The average Bonchev–Trinajstić information content (AvgIpc) is 3.15. The van der Waals surface area contributed by atoms with Crippen molar-refractivity contribution in [2.45, 2.75) is 31.7 Å². The molecule has 3 unspecified atom stereocenters. The molecule has 1 fully saturated rings. The second-order valence-corrected chi connectivity index (χ2v) is 5.29. The highest BCUT2D eigenvalue weighted by atomic mass is 35.5. The van der Waals surface area contributed by atoms with Crippen molar-refractivity contribution in [2.24, 2.45) is 5.92 Å². The molecule has 0 spiro atoms. The number of hydrogen-bond donors (Lipinski definition) is 2. The molecule has 2 N–H and O–H groups in total. The van der Waals surface area contributed by atoms with Crippen LogP contribution in [-0.4, -0.2) is 23.7 Å². The Morgan fingerprint density at radius 2 is 2.37 bits per heavy atom. The summed E-state index contributed by atoms with van der Waals surface area (Å²) in [6.45, 7) is 1.80. The first-order chi connectivity index (χ1) is 9.08. The maximum absolute atomic E-state index is 13.7. The lowest BCUT2D eigenvalue weighted by Gasteiger charge is -2.14. The number of benzene rings is 1. The van der Waals surface area contributed by atoms with E-state index in [2.05, 4.69) is 5.32 Å². The second kappa shape index (κ2) is 5.88. The summed E-state index contributed by atoms with van der Waals surface area (Å²) in [5.74, 6) is -0.882. The molecule has 0 radical (unpaired) electrons. The summed E-state index contributed by atoms with van der Waals surface area (Å²) in [4.78, 5) is 12.0. The van der Waals surface area contributed by atoms with Crippen LogP contribution in [0.15, 0.2) is 18.2 Å². The van der Waals surface area contributed by atoms with Gasteiger partial charge in [-0.2, -0.15) is 0 Å². The van der Waals surface area contributed by atoms with Crippen molar-refractivity contribution in [3.05, 3.63) is 34.6 Å². The van der Waals surface area contributed by atoms with Crippen LogP contribution in [0.25, 0.3) is 0 Å². The lowest BCUT2D eigenvalue weighted by Crippen LogP contribution is -2.38. The number of halogens is 2. The molecule has 1 aliphatic rings. The molecule has 2 rings (SSSR count). The van der Waals surface area contributed by atoms with Gasteiger partial charge < -0.3 is 10.4 Å². The van der Waals surface area contributed by atoms with E-state index in [0.29, 0.717) is 23.4 Å². The van der Waals surface area contributed by atoms with Gasteiger partial charge in [0.05, 0.1) is 12.6 Å². The van der Waals surface area contributed by atoms with Crippen molar-refractivity contribution in [2.75, 3.05) is 6.61 Å². The minimum Gasteiger partial charge on any atom is -0.394 e. The molecule has 1 aromatic carbocycles. The molecule has 0 aliphatic heterocycles. The van der Waals surface area contributed by atoms with Gasteiger partial charge in [0.15, 0.2) is 0 Å². The quantitative estimate of drug-likeness (QED) is 0.873. The maximum atomic E-state index is 13.7. The SMILES string of the molecule is CCC(CO)NC(=O)C1CC1c1c(F)cccc1Cl. The fourth-order valence-corrected chi connectivity index (χ4v) is 2.56. The molecule has 3 atom stereocenters. The van der Waals surface area contributed by atoms with E-state index >= 15 is 0 Å². The van der Waals surface area contributed by atoms with Gasteiger partial charge in [-0.3, -0.25) is 4.79 Å². The van der Waals surface area contributed by atoms with Crippen LogP contribution >= 0.6 is 11.6 Å². The van der Waals surface area contributed by atoms with E-state index in [9.17, 15) is 9.18 Å². The molecule has 5 heteroatoms. The van der Waals surface area contributed by atoms with Crippen LogP contribution in [0.2, 0.25) is 5.02 Å². The van der Waals surface area contributed by atoms with Gasteiger partial charge in [-0.15, -0.1) is 0 Å². The number of aliphatic hydroxyl groups is 1. The van der Waals surface area contributed by atoms with Crippen LogP contribution < -0.4 is 5.32 Å². The molecule has 104 valence electrons. The molecular formula is C14H17ClFNO2. The zero-order valence-electron chi connectivity index (χ0n) is 10.7. The first-order valence-corrected chi connectivity index (χ1v) is 6.81. The molecular weight excluding hydrogens is 269 g/mol. The van der Waals surface area contributed by atoms with E-state index < -0.39 is 0 Å². The zero-order chi connectivity index (χ0) is 14.0. The Hall–Kier alpha value is -1.13. The smallest absolute Gasteiger partial charge is 0.224 e. The molecule has 1 aliphatic carbocycles. The fraction of sp³-hybridized carbons (Fsp3) is 0.500. The van der Waals surface area contributed by atoms with E-state index in [1.54, 1.807) is 12.1 Å². The molecule has 3 nitrogen and oxygen atoms in total. The number of carbonyl (C=O) groups excluding carboxylic acids is 1. The van der Waals surface area contributed by atoms with Crippen molar-refractivity contribution >= 4 is 17.5 Å². The van der Waals surface area contributed by atoms with Gasteiger partial charge in [0.2, 0.25) is 5.91 Å². The van der Waals surface area contributed by atoms with Gasteiger partial charge in [-0.1, -0.05) is 24.6 Å². The van der Waals surface area contributed by atoms with Crippen LogP contribution in [-0.2, 0) is 4.79 Å². The predicted octanol–water partition coefficient (Wildman–Crippen LogP) is 2.47. The summed E-state index contributed by atoms with van der Waals surface area (Å²) in [6, 6.07) is 4.31. The molecule has 0 bridgehead atoms. The number of carbonyl (C=O) groups is 1. The van der Waals surface area contributed by atoms with E-state index in [4.69, 9.17) is 16.7 Å². The molecule has 1 amide bonds. The Balaban J connectivity index is 2.03. The normalized spacial score (nSPS) is 22.9. The first kappa shape index (κ1) is 14.3. The van der Waals surface area contributed by atoms with Gasteiger partial charge >= 0.3 is 0 Å². The van der Waals surface area contributed by atoms with Gasteiger partial charge in [0.25, 0.3) is 0 Å². The molecule has 0 saturated heterocycles. The van der Waals surface area contributed by atoms with Crippen molar-refractivity contribution in [1.82, 2.24) is 5.32 Å².